The highest BCUT2D eigenvalue weighted by atomic mass is 32.2. The molecule has 0 saturated carbocycles. The Bertz CT molecular complexity index is 1290. The number of nitrogens with one attached hydrogen (secondary N) is 1. The molecule has 0 aliphatic rings. The van der Waals surface area contributed by atoms with Crippen molar-refractivity contribution in [1.82, 2.24) is 29.5 Å². The van der Waals surface area contributed by atoms with Crippen LogP contribution in [0.25, 0.3) is 28.4 Å². The summed E-state index contributed by atoms with van der Waals surface area (Å²) in [5.41, 5.74) is 2.54. The molecule has 11 nitrogen and oxygen atoms in total. The summed E-state index contributed by atoms with van der Waals surface area (Å²) in [6.45, 7) is 2.39. The van der Waals surface area contributed by atoms with Gasteiger partial charge < -0.3 is 14.2 Å². The number of pyridine rings is 1. The highest BCUT2D eigenvalue weighted by molar-refractivity contribution is 7.77. The number of benzene rings is 1. The highest BCUT2D eigenvalue weighted by Crippen LogP contribution is 2.38. The van der Waals surface area contributed by atoms with Crippen LogP contribution in [0.3, 0.4) is 0 Å². The fraction of sp³-hybridized carbons (Fsp3) is 0.238. The van der Waals surface area contributed by atoms with Crippen LogP contribution in [0.1, 0.15) is 12.6 Å². The summed E-state index contributed by atoms with van der Waals surface area (Å²) in [5.74, 6) is 2.02. The van der Waals surface area contributed by atoms with Crippen LogP contribution in [-0.4, -0.2) is 54.3 Å². The molecule has 0 fully saturated rings. The molecule has 0 saturated heterocycles. The lowest BCUT2D eigenvalue weighted by Gasteiger charge is -2.16. The largest absolute Gasteiger partial charge is 0.494 e. The molecule has 2 N–H and O–H groups in total. The molecule has 1 atom stereocenters. The van der Waals surface area contributed by atoms with E-state index in [9.17, 15) is 4.21 Å². The van der Waals surface area contributed by atoms with E-state index in [4.69, 9.17) is 18.8 Å². The number of methoxy groups -OCH3 is 2. The zero-order valence-corrected chi connectivity index (χ0v) is 19.0. The Balaban J connectivity index is 2.01. The Morgan fingerprint density at radius 3 is 2.45 bits per heavy atom. The Morgan fingerprint density at radius 2 is 1.79 bits per heavy atom. The fourth-order valence-electron chi connectivity index (χ4n) is 3.36. The van der Waals surface area contributed by atoms with Gasteiger partial charge in [-0.05, 0) is 31.2 Å². The van der Waals surface area contributed by atoms with Gasteiger partial charge in [0.1, 0.15) is 22.9 Å². The lowest BCUT2D eigenvalue weighted by molar-refractivity contribution is 0.327. The fourth-order valence-corrected chi connectivity index (χ4v) is 3.63. The second-order valence-corrected chi connectivity index (χ2v) is 7.48. The van der Waals surface area contributed by atoms with Gasteiger partial charge in [-0.25, -0.2) is 18.9 Å². The number of ether oxygens (including phenoxy) is 3. The molecule has 0 radical (unpaired) electrons. The second-order valence-electron chi connectivity index (χ2n) is 6.69. The molecule has 0 amide bonds. The van der Waals surface area contributed by atoms with Crippen molar-refractivity contribution >= 4 is 22.4 Å². The first-order chi connectivity index (χ1) is 16.0. The number of rotatable bonds is 9. The van der Waals surface area contributed by atoms with Crippen LogP contribution < -0.4 is 18.9 Å². The van der Waals surface area contributed by atoms with E-state index in [1.54, 1.807) is 26.4 Å². The van der Waals surface area contributed by atoms with E-state index < -0.39 is 11.3 Å². The summed E-state index contributed by atoms with van der Waals surface area (Å²) >= 11 is -2.18. The van der Waals surface area contributed by atoms with Gasteiger partial charge in [0, 0.05) is 6.07 Å². The maximum Gasteiger partial charge on any atom is 0.232 e. The summed E-state index contributed by atoms with van der Waals surface area (Å²) < 4.78 is 41.2. The maximum absolute atomic E-state index is 11.0. The van der Waals surface area contributed by atoms with Gasteiger partial charge in [-0.3, -0.25) is 9.12 Å². The van der Waals surface area contributed by atoms with Gasteiger partial charge in [-0.2, -0.15) is 5.10 Å². The van der Waals surface area contributed by atoms with E-state index in [-0.39, 0.29) is 6.54 Å². The van der Waals surface area contributed by atoms with Crippen molar-refractivity contribution in [2.75, 3.05) is 20.8 Å². The quantitative estimate of drug-likeness (QED) is 0.354. The van der Waals surface area contributed by atoms with Gasteiger partial charge in [-0.15, -0.1) is 5.10 Å². The Morgan fingerprint density at radius 1 is 1.06 bits per heavy atom. The number of aromatic nitrogens is 5. The van der Waals surface area contributed by atoms with E-state index in [1.807, 2.05) is 41.8 Å². The average Bonchev–Trinajstić information content (AvgIpc) is 3.21. The van der Waals surface area contributed by atoms with E-state index in [1.165, 1.54) is 0 Å². The lowest BCUT2D eigenvalue weighted by Crippen LogP contribution is -2.16. The van der Waals surface area contributed by atoms with Gasteiger partial charge in [-0.1, -0.05) is 12.1 Å². The third kappa shape index (κ3) is 4.62. The van der Waals surface area contributed by atoms with Crippen LogP contribution in [-0.2, 0) is 17.8 Å². The molecule has 0 spiro atoms. The molecular formula is C21H22N6O5S. The molecule has 0 bridgehead atoms. The lowest BCUT2D eigenvalue weighted by atomic mass is 10.2. The second kappa shape index (κ2) is 9.90. The first-order valence-electron chi connectivity index (χ1n) is 9.96. The first-order valence-corrected chi connectivity index (χ1v) is 11.1. The zero-order valence-electron chi connectivity index (χ0n) is 18.2. The SMILES string of the molecule is CCOc1cccc(-c2nc3nnc(CNS(=O)O)cc3n2-c2c(OC)cccc2OC)n1. The van der Waals surface area contributed by atoms with Crippen LogP contribution in [0.2, 0.25) is 0 Å². The third-order valence-corrected chi connectivity index (χ3v) is 5.11. The highest BCUT2D eigenvalue weighted by Gasteiger charge is 2.23. The smallest absolute Gasteiger partial charge is 0.232 e. The van der Waals surface area contributed by atoms with Crippen LogP contribution in [0.4, 0.5) is 0 Å². The van der Waals surface area contributed by atoms with Gasteiger partial charge in [0.25, 0.3) is 0 Å². The number of nitrogens with zero attached hydrogens (tertiary/aromatic N) is 5. The number of hydrogen-bond acceptors (Lipinski definition) is 8. The standard InChI is InChI=1S/C21H22N6O5S/c1-4-32-18-10-5-7-14(23-18)21-24-20-15(11-13(25-26-20)12-22-33(28)29)27(21)19-16(30-2)8-6-9-17(19)31-3/h5-11,22H,4,12H2,1-3H3,(H,28,29). The summed E-state index contributed by atoms with van der Waals surface area (Å²) in [5, 5.41) is 8.33. The maximum atomic E-state index is 11.0. The molecule has 4 rings (SSSR count). The molecule has 12 heteroatoms. The van der Waals surface area contributed by atoms with Crippen molar-refractivity contribution < 1.29 is 23.0 Å². The molecule has 4 aromatic rings. The molecule has 1 unspecified atom stereocenters. The number of hydrogen-bond donors (Lipinski definition) is 2. The summed E-state index contributed by atoms with van der Waals surface area (Å²) in [4.78, 5) is 9.26. The molecule has 0 aliphatic heterocycles. The minimum atomic E-state index is -2.18. The van der Waals surface area contributed by atoms with Gasteiger partial charge in [0.15, 0.2) is 5.82 Å². The number of imidazole rings is 1. The van der Waals surface area contributed by atoms with Crippen molar-refractivity contribution in [2.24, 2.45) is 0 Å². The normalized spacial score (nSPS) is 12.0. The molecule has 33 heavy (non-hydrogen) atoms. The number of para-hydroxylation sites is 1. The van der Waals surface area contributed by atoms with E-state index in [0.717, 1.165) is 0 Å². The molecule has 172 valence electrons. The summed E-state index contributed by atoms with van der Waals surface area (Å²) in [7, 11) is 3.13. The van der Waals surface area contributed by atoms with Crippen LogP contribution in [0.5, 0.6) is 17.4 Å². The van der Waals surface area contributed by atoms with Gasteiger partial charge >= 0.3 is 0 Å². The molecule has 3 aromatic heterocycles. The minimum absolute atomic E-state index is 0.0354. The van der Waals surface area contributed by atoms with E-state index in [2.05, 4.69) is 24.9 Å². The van der Waals surface area contributed by atoms with Crippen LogP contribution in [0, 0.1) is 0 Å². The molecular weight excluding hydrogens is 448 g/mol. The molecule has 0 aliphatic carbocycles. The van der Waals surface area contributed by atoms with Gasteiger partial charge in [0.2, 0.25) is 22.8 Å². The van der Waals surface area contributed by atoms with Crippen LogP contribution >= 0.6 is 0 Å². The predicted octanol–water partition coefficient (Wildman–Crippen LogP) is 2.52. The van der Waals surface area contributed by atoms with Crippen molar-refractivity contribution in [2.45, 2.75) is 13.5 Å². The van der Waals surface area contributed by atoms with Crippen molar-refractivity contribution in [3.63, 3.8) is 0 Å². The monoisotopic (exact) mass is 470 g/mol. The number of fused-ring (bicyclic) bond motifs is 1. The molecule has 3 heterocycles. The average molecular weight is 471 g/mol. The zero-order chi connectivity index (χ0) is 23.4. The Hall–Kier alpha value is -3.61. The summed E-state index contributed by atoms with van der Waals surface area (Å²) in [6, 6.07) is 12.6. The summed E-state index contributed by atoms with van der Waals surface area (Å²) in [6.07, 6.45) is 0. The van der Waals surface area contributed by atoms with Crippen molar-refractivity contribution in [3.05, 3.63) is 48.2 Å². The van der Waals surface area contributed by atoms with E-state index >= 15 is 0 Å². The van der Waals surface area contributed by atoms with Crippen LogP contribution in [0.15, 0.2) is 42.5 Å². The Kier molecular flexibility index (Phi) is 6.77. The van der Waals surface area contributed by atoms with E-state index in [0.29, 0.717) is 58.0 Å². The van der Waals surface area contributed by atoms with Crippen molar-refractivity contribution in [1.29, 1.82) is 0 Å². The Labute approximate surface area is 192 Å². The van der Waals surface area contributed by atoms with Crippen molar-refractivity contribution in [3.8, 4) is 34.6 Å². The molecule has 1 aromatic carbocycles. The predicted molar refractivity (Wildman–Crippen MR) is 122 cm³/mol. The third-order valence-electron chi connectivity index (χ3n) is 4.72. The van der Waals surface area contributed by atoms with Gasteiger partial charge in [0.05, 0.1) is 38.6 Å². The first kappa shape index (κ1) is 22.6. The minimum Gasteiger partial charge on any atom is -0.494 e. The topological polar surface area (TPSA) is 134 Å².